The van der Waals surface area contributed by atoms with Crippen LogP contribution in [0.1, 0.15) is 69.3 Å². The number of hydrogen-bond donors (Lipinski definition) is 2. The smallest absolute Gasteiger partial charge is 0.220 e. The van der Waals surface area contributed by atoms with Gasteiger partial charge in [0, 0.05) is 24.4 Å². The minimum absolute atomic E-state index is 0.0000493. The summed E-state index contributed by atoms with van der Waals surface area (Å²) in [5, 5.41) is 3.11. The van der Waals surface area contributed by atoms with Crippen LogP contribution in [0.5, 0.6) is 5.75 Å². The van der Waals surface area contributed by atoms with Gasteiger partial charge in [-0.25, -0.2) is 0 Å². The predicted molar refractivity (Wildman–Crippen MR) is 88.9 cm³/mol. The first-order chi connectivity index (χ1) is 10.5. The topological polar surface area (TPSA) is 64.3 Å². The molecular weight excluding hydrogens is 276 g/mol. The van der Waals surface area contributed by atoms with Gasteiger partial charge in [-0.1, -0.05) is 33.8 Å². The zero-order chi connectivity index (χ0) is 16.3. The molecule has 3 N–H and O–H groups in total. The Balaban J connectivity index is 2.44. The number of ether oxygens (including phenoxy) is 1. The highest BCUT2D eigenvalue weighted by Crippen LogP contribution is 2.38. The number of rotatable bonds is 5. The first kappa shape index (κ1) is 16.8. The number of carbonyl (C=O) groups excluding carboxylic acids is 1. The van der Waals surface area contributed by atoms with E-state index in [1.165, 1.54) is 5.56 Å². The zero-order valence-corrected chi connectivity index (χ0v) is 14.1. The van der Waals surface area contributed by atoms with E-state index in [4.69, 9.17) is 10.5 Å². The molecule has 0 aromatic heterocycles. The lowest BCUT2D eigenvalue weighted by Gasteiger charge is -2.30. The largest absolute Gasteiger partial charge is 0.493 e. The second kappa shape index (κ2) is 7.14. The highest BCUT2D eigenvalue weighted by atomic mass is 16.5. The van der Waals surface area contributed by atoms with E-state index in [2.05, 4.69) is 38.2 Å². The number of benzene rings is 1. The monoisotopic (exact) mass is 304 g/mol. The Labute approximate surface area is 133 Å². The molecule has 1 amide bonds. The van der Waals surface area contributed by atoms with Crippen molar-refractivity contribution in [3.63, 3.8) is 0 Å². The van der Waals surface area contributed by atoms with E-state index < -0.39 is 0 Å². The molecule has 0 bridgehead atoms. The minimum Gasteiger partial charge on any atom is -0.493 e. The van der Waals surface area contributed by atoms with Crippen LogP contribution < -0.4 is 15.8 Å². The highest BCUT2D eigenvalue weighted by Gasteiger charge is 2.26. The Bertz CT molecular complexity index is 540. The van der Waals surface area contributed by atoms with Crippen molar-refractivity contribution in [2.75, 3.05) is 6.61 Å². The number of amides is 1. The maximum atomic E-state index is 11.8. The number of hydrogen-bond acceptors (Lipinski definition) is 3. The van der Waals surface area contributed by atoms with Crippen molar-refractivity contribution in [3.8, 4) is 5.75 Å². The second-order valence-corrected chi connectivity index (χ2v) is 6.33. The third-order valence-corrected chi connectivity index (χ3v) is 4.39. The van der Waals surface area contributed by atoms with E-state index in [9.17, 15) is 4.79 Å². The fraction of sp³-hybridized carbons (Fsp3) is 0.611. The SMILES string of the molecule is CCC(=O)NC1CCOc2c(CC)cc(C(N)C(C)C)cc21. The highest BCUT2D eigenvalue weighted by molar-refractivity contribution is 5.76. The standard InChI is InChI=1S/C18H28N2O2/c1-5-12-9-13(17(19)11(3)4)10-14-15(20-16(21)6-2)7-8-22-18(12)14/h9-11,15,17H,5-8,19H2,1-4H3,(H,20,21). The summed E-state index contributed by atoms with van der Waals surface area (Å²) in [6.45, 7) is 8.89. The van der Waals surface area contributed by atoms with Crippen molar-refractivity contribution in [3.05, 3.63) is 28.8 Å². The molecule has 0 aliphatic carbocycles. The lowest BCUT2D eigenvalue weighted by molar-refractivity contribution is -0.121. The molecule has 0 radical (unpaired) electrons. The summed E-state index contributed by atoms with van der Waals surface area (Å²) in [7, 11) is 0. The predicted octanol–water partition coefficient (Wildman–Crippen LogP) is 3.25. The zero-order valence-electron chi connectivity index (χ0n) is 14.1. The number of fused-ring (bicyclic) bond motifs is 1. The first-order valence-corrected chi connectivity index (χ1v) is 8.32. The molecule has 0 saturated heterocycles. The normalized spacial score (nSPS) is 18.5. The van der Waals surface area contributed by atoms with E-state index >= 15 is 0 Å². The molecule has 1 heterocycles. The van der Waals surface area contributed by atoms with E-state index in [-0.39, 0.29) is 18.0 Å². The van der Waals surface area contributed by atoms with Crippen LogP contribution in [0.15, 0.2) is 12.1 Å². The number of aryl methyl sites for hydroxylation is 1. The van der Waals surface area contributed by atoms with Crippen molar-refractivity contribution in [2.45, 2.75) is 59.0 Å². The Morgan fingerprint density at radius 1 is 1.41 bits per heavy atom. The van der Waals surface area contributed by atoms with Gasteiger partial charge in [0.25, 0.3) is 0 Å². The maximum Gasteiger partial charge on any atom is 0.220 e. The summed E-state index contributed by atoms with van der Waals surface area (Å²) in [4.78, 5) is 11.8. The molecule has 4 nitrogen and oxygen atoms in total. The van der Waals surface area contributed by atoms with Crippen LogP contribution in [0.25, 0.3) is 0 Å². The molecule has 4 heteroatoms. The van der Waals surface area contributed by atoms with Gasteiger partial charge in [-0.05, 0) is 29.5 Å². The van der Waals surface area contributed by atoms with Gasteiger partial charge in [-0.3, -0.25) is 4.79 Å². The van der Waals surface area contributed by atoms with Gasteiger partial charge in [0.05, 0.1) is 12.6 Å². The van der Waals surface area contributed by atoms with Gasteiger partial charge in [0.2, 0.25) is 5.91 Å². The van der Waals surface area contributed by atoms with E-state index in [1.807, 2.05) is 6.92 Å². The number of nitrogens with two attached hydrogens (primary N) is 1. The summed E-state index contributed by atoms with van der Waals surface area (Å²) in [5.74, 6) is 1.39. The summed E-state index contributed by atoms with van der Waals surface area (Å²) in [6, 6.07) is 4.31. The summed E-state index contributed by atoms with van der Waals surface area (Å²) < 4.78 is 5.89. The van der Waals surface area contributed by atoms with Gasteiger partial charge in [-0.15, -0.1) is 0 Å². The average molecular weight is 304 g/mol. The van der Waals surface area contributed by atoms with Crippen LogP contribution in [-0.2, 0) is 11.2 Å². The summed E-state index contributed by atoms with van der Waals surface area (Å²) >= 11 is 0. The fourth-order valence-corrected chi connectivity index (χ4v) is 2.89. The van der Waals surface area contributed by atoms with Gasteiger partial charge in [0.1, 0.15) is 5.75 Å². The lowest BCUT2D eigenvalue weighted by atomic mass is 9.89. The van der Waals surface area contributed by atoms with Crippen molar-refractivity contribution in [1.29, 1.82) is 0 Å². The van der Waals surface area contributed by atoms with E-state index in [0.29, 0.717) is 18.9 Å². The van der Waals surface area contributed by atoms with Gasteiger partial charge < -0.3 is 15.8 Å². The minimum atomic E-state index is 0.0000493. The molecule has 22 heavy (non-hydrogen) atoms. The second-order valence-electron chi connectivity index (χ2n) is 6.33. The molecule has 2 unspecified atom stereocenters. The van der Waals surface area contributed by atoms with Gasteiger partial charge in [-0.2, -0.15) is 0 Å². The summed E-state index contributed by atoms with van der Waals surface area (Å²) in [5.41, 5.74) is 9.73. The molecule has 0 fully saturated rings. The molecule has 1 aromatic rings. The number of nitrogens with one attached hydrogen (secondary N) is 1. The fourth-order valence-electron chi connectivity index (χ4n) is 2.89. The molecule has 122 valence electrons. The summed E-state index contributed by atoms with van der Waals surface area (Å²) in [6.07, 6.45) is 2.20. The van der Waals surface area contributed by atoms with Crippen molar-refractivity contribution < 1.29 is 9.53 Å². The first-order valence-electron chi connectivity index (χ1n) is 8.32. The maximum absolute atomic E-state index is 11.8. The van der Waals surface area contributed by atoms with E-state index in [1.54, 1.807) is 0 Å². The molecular formula is C18H28N2O2. The Kier molecular flexibility index (Phi) is 5.46. The van der Waals surface area contributed by atoms with Crippen LogP contribution in [0.4, 0.5) is 0 Å². The van der Waals surface area contributed by atoms with Gasteiger partial charge >= 0.3 is 0 Å². The van der Waals surface area contributed by atoms with Crippen molar-refractivity contribution in [2.24, 2.45) is 11.7 Å². The van der Waals surface area contributed by atoms with Crippen LogP contribution >= 0.6 is 0 Å². The van der Waals surface area contributed by atoms with Gasteiger partial charge in [0.15, 0.2) is 0 Å². The molecule has 0 saturated carbocycles. The molecule has 1 aliphatic rings. The van der Waals surface area contributed by atoms with Crippen LogP contribution in [-0.4, -0.2) is 12.5 Å². The molecule has 1 aliphatic heterocycles. The third kappa shape index (κ3) is 3.43. The Morgan fingerprint density at radius 2 is 2.14 bits per heavy atom. The van der Waals surface area contributed by atoms with Crippen molar-refractivity contribution in [1.82, 2.24) is 5.32 Å². The number of carbonyl (C=O) groups is 1. The Hall–Kier alpha value is -1.55. The third-order valence-electron chi connectivity index (χ3n) is 4.39. The van der Waals surface area contributed by atoms with E-state index in [0.717, 1.165) is 29.7 Å². The van der Waals surface area contributed by atoms with Crippen LogP contribution in [0.3, 0.4) is 0 Å². The van der Waals surface area contributed by atoms with Crippen LogP contribution in [0, 0.1) is 5.92 Å². The quantitative estimate of drug-likeness (QED) is 0.877. The average Bonchev–Trinajstić information content (AvgIpc) is 2.53. The van der Waals surface area contributed by atoms with Crippen molar-refractivity contribution >= 4 is 5.91 Å². The molecule has 1 aromatic carbocycles. The van der Waals surface area contributed by atoms with Crippen LogP contribution in [0.2, 0.25) is 0 Å². The lowest BCUT2D eigenvalue weighted by Crippen LogP contribution is -2.32. The molecule has 2 atom stereocenters. The molecule has 0 spiro atoms. The Morgan fingerprint density at radius 3 is 2.73 bits per heavy atom. The molecule has 2 rings (SSSR count).